The van der Waals surface area contributed by atoms with Crippen LogP contribution in [0.15, 0.2) is 11.6 Å². The molecule has 2 rings (SSSR count). The fraction of sp³-hybridized carbons (Fsp3) is 0.733. The van der Waals surface area contributed by atoms with Gasteiger partial charge in [0.2, 0.25) is 0 Å². The van der Waals surface area contributed by atoms with Gasteiger partial charge in [-0.15, -0.1) is 11.3 Å². The van der Waals surface area contributed by atoms with Crippen LogP contribution < -0.4 is 5.32 Å². The number of amides is 1. The number of rotatable bonds is 3. The molecule has 1 N–H and O–H groups in total. The van der Waals surface area contributed by atoms with Crippen molar-refractivity contribution in [2.75, 3.05) is 13.1 Å². The SMILES string of the molecule is C[C@@H](N[C@H]1CCCN(C(=O)OC(C)(C)C)C1)c1nccs1. The van der Waals surface area contributed by atoms with Gasteiger partial charge in [0.25, 0.3) is 0 Å². The van der Waals surface area contributed by atoms with E-state index in [0.717, 1.165) is 24.4 Å². The third-order valence-corrected chi connectivity index (χ3v) is 4.34. The first-order valence-electron chi connectivity index (χ1n) is 7.48. The first-order chi connectivity index (χ1) is 9.85. The molecule has 1 aromatic rings. The molecule has 21 heavy (non-hydrogen) atoms. The quantitative estimate of drug-likeness (QED) is 0.931. The molecule has 1 amide bonds. The van der Waals surface area contributed by atoms with Crippen LogP contribution in [0.5, 0.6) is 0 Å². The second-order valence-corrected chi connectivity index (χ2v) is 7.45. The van der Waals surface area contributed by atoms with Gasteiger partial charge in [0.15, 0.2) is 0 Å². The Kier molecular flexibility index (Phi) is 5.22. The van der Waals surface area contributed by atoms with Gasteiger partial charge in [0.1, 0.15) is 10.6 Å². The van der Waals surface area contributed by atoms with E-state index in [4.69, 9.17) is 4.74 Å². The van der Waals surface area contributed by atoms with E-state index in [2.05, 4.69) is 17.2 Å². The second kappa shape index (κ2) is 6.75. The number of likely N-dealkylation sites (tertiary alicyclic amines) is 1. The Hall–Kier alpha value is -1.14. The Balaban J connectivity index is 1.87. The number of carbonyl (C=O) groups excluding carboxylic acids is 1. The molecule has 0 radical (unpaired) electrons. The molecule has 2 atom stereocenters. The predicted octanol–water partition coefficient (Wildman–Crippen LogP) is 3.19. The van der Waals surface area contributed by atoms with Crippen LogP contribution in [0.1, 0.15) is 51.6 Å². The van der Waals surface area contributed by atoms with E-state index in [-0.39, 0.29) is 12.1 Å². The molecular weight excluding hydrogens is 286 g/mol. The highest BCUT2D eigenvalue weighted by Gasteiger charge is 2.28. The maximum Gasteiger partial charge on any atom is 0.410 e. The Morgan fingerprint density at radius 1 is 1.57 bits per heavy atom. The van der Waals surface area contributed by atoms with Gasteiger partial charge in [0, 0.05) is 30.7 Å². The zero-order chi connectivity index (χ0) is 15.5. The van der Waals surface area contributed by atoms with Gasteiger partial charge in [-0.1, -0.05) is 0 Å². The van der Waals surface area contributed by atoms with E-state index in [9.17, 15) is 4.79 Å². The van der Waals surface area contributed by atoms with Gasteiger partial charge in [-0.25, -0.2) is 9.78 Å². The van der Waals surface area contributed by atoms with Crippen molar-refractivity contribution in [2.24, 2.45) is 0 Å². The highest BCUT2D eigenvalue weighted by Crippen LogP contribution is 2.20. The molecule has 118 valence electrons. The van der Waals surface area contributed by atoms with E-state index in [1.807, 2.05) is 32.3 Å². The lowest BCUT2D eigenvalue weighted by Gasteiger charge is -2.35. The average molecular weight is 311 g/mol. The zero-order valence-corrected chi connectivity index (χ0v) is 14.1. The van der Waals surface area contributed by atoms with Crippen LogP contribution in [0.2, 0.25) is 0 Å². The van der Waals surface area contributed by atoms with Crippen molar-refractivity contribution in [3.63, 3.8) is 0 Å². The first-order valence-corrected chi connectivity index (χ1v) is 8.36. The largest absolute Gasteiger partial charge is 0.444 e. The first kappa shape index (κ1) is 16.2. The standard InChI is InChI=1S/C15H25N3O2S/c1-11(13-16-7-9-21-13)17-12-6-5-8-18(10-12)14(19)20-15(2,3)4/h7,9,11-12,17H,5-6,8,10H2,1-4H3/t11-,12+/m1/s1. The molecule has 1 fully saturated rings. The summed E-state index contributed by atoms with van der Waals surface area (Å²) in [6.45, 7) is 9.29. The van der Waals surface area contributed by atoms with E-state index >= 15 is 0 Å². The third-order valence-electron chi connectivity index (χ3n) is 3.38. The number of ether oxygens (including phenoxy) is 1. The predicted molar refractivity (Wildman–Crippen MR) is 84.5 cm³/mol. The summed E-state index contributed by atoms with van der Waals surface area (Å²) in [6.07, 6.45) is 3.69. The van der Waals surface area contributed by atoms with Crippen molar-refractivity contribution < 1.29 is 9.53 Å². The number of hydrogen-bond donors (Lipinski definition) is 1. The smallest absolute Gasteiger partial charge is 0.410 e. The molecule has 2 heterocycles. The molecule has 0 aromatic carbocycles. The molecule has 6 heteroatoms. The molecule has 1 saturated heterocycles. The summed E-state index contributed by atoms with van der Waals surface area (Å²) < 4.78 is 5.45. The van der Waals surface area contributed by atoms with Crippen molar-refractivity contribution in [1.82, 2.24) is 15.2 Å². The van der Waals surface area contributed by atoms with Gasteiger partial charge < -0.3 is 15.0 Å². The summed E-state index contributed by atoms with van der Waals surface area (Å²) in [5.41, 5.74) is -0.439. The summed E-state index contributed by atoms with van der Waals surface area (Å²) in [4.78, 5) is 18.3. The Labute approximate surface area is 130 Å². The molecule has 1 aliphatic heterocycles. The summed E-state index contributed by atoms with van der Waals surface area (Å²) in [5.74, 6) is 0. The maximum absolute atomic E-state index is 12.1. The molecule has 1 aromatic heterocycles. The third kappa shape index (κ3) is 4.97. The topological polar surface area (TPSA) is 54.5 Å². The number of carbonyl (C=O) groups is 1. The molecule has 0 bridgehead atoms. The Morgan fingerprint density at radius 2 is 2.33 bits per heavy atom. The fourth-order valence-corrected chi connectivity index (χ4v) is 3.13. The van der Waals surface area contributed by atoms with Gasteiger partial charge >= 0.3 is 6.09 Å². The lowest BCUT2D eigenvalue weighted by molar-refractivity contribution is 0.0184. The number of nitrogens with one attached hydrogen (secondary N) is 1. The summed E-state index contributed by atoms with van der Waals surface area (Å²) in [7, 11) is 0. The average Bonchev–Trinajstić information content (AvgIpc) is 2.91. The monoisotopic (exact) mass is 311 g/mol. The number of aromatic nitrogens is 1. The zero-order valence-electron chi connectivity index (χ0n) is 13.3. The number of nitrogens with zero attached hydrogens (tertiary/aromatic N) is 2. The molecular formula is C15H25N3O2S. The molecule has 0 spiro atoms. The van der Waals surface area contributed by atoms with Crippen LogP contribution >= 0.6 is 11.3 Å². The minimum Gasteiger partial charge on any atom is -0.444 e. The fourth-order valence-electron chi connectivity index (χ4n) is 2.48. The Morgan fingerprint density at radius 3 is 2.95 bits per heavy atom. The van der Waals surface area contributed by atoms with Crippen molar-refractivity contribution in [1.29, 1.82) is 0 Å². The number of thiazole rings is 1. The van der Waals surface area contributed by atoms with Crippen molar-refractivity contribution in [3.05, 3.63) is 16.6 Å². The minimum atomic E-state index is -0.439. The second-order valence-electron chi connectivity index (χ2n) is 6.52. The van der Waals surface area contributed by atoms with Crippen LogP contribution in [0.3, 0.4) is 0 Å². The lowest BCUT2D eigenvalue weighted by atomic mass is 10.1. The normalized spacial score (nSPS) is 21.1. The van der Waals surface area contributed by atoms with Gasteiger partial charge in [-0.05, 0) is 40.5 Å². The Bertz CT molecular complexity index is 456. The van der Waals surface area contributed by atoms with Crippen LogP contribution in [-0.4, -0.2) is 40.7 Å². The van der Waals surface area contributed by atoms with Gasteiger partial charge in [-0.2, -0.15) is 0 Å². The number of hydrogen-bond acceptors (Lipinski definition) is 5. The molecule has 0 saturated carbocycles. The summed E-state index contributed by atoms with van der Waals surface area (Å²) in [6, 6.07) is 0.513. The van der Waals surface area contributed by atoms with E-state index in [1.165, 1.54) is 0 Å². The van der Waals surface area contributed by atoms with Crippen molar-refractivity contribution >= 4 is 17.4 Å². The summed E-state index contributed by atoms with van der Waals surface area (Å²) >= 11 is 1.66. The van der Waals surface area contributed by atoms with Crippen LogP contribution in [-0.2, 0) is 4.74 Å². The van der Waals surface area contributed by atoms with Gasteiger partial charge in [0.05, 0.1) is 6.04 Å². The lowest BCUT2D eigenvalue weighted by Crippen LogP contribution is -2.49. The van der Waals surface area contributed by atoms with Crippen molar-refractivity contribution in [3.8, 4) is 0 Å². The number of piperidine rings is 1. The minimum absolute atomic E-state index is 0.212. The van der Waals surface area contributed by atoms with Gasteiger partial charge in [-0.3, -0.25) is 0 Å². The van der Waals surface area contributed by atoms with Crippen molar-refractivity contribution in [2.45, 2.75) is 58.2 Å². The highest BCUT2D eigenvalue weighted by atomic mass is 32.1. The van der Waals surface area contributed by atoms with Crippen LogP contribution in [0.4, 0.5) is 4.79 Å². The van der Waals surface area contributed by atoms with Crippen LogP contribution in [0, 0.1) is 0 Å². The summed E-state index contributed by atoms with van der Waals surface area (Å²) in [5, 5.41) is 6.64. The van der Waals surface area contributed by atoms with Crippen LogP contribution in [0.25, 0.3) is 0 Å². The van der Waals surface area contributed by atoms with E-state index in [0.29, 0.717) is 12.6 Å². The molecule has 5 nitrogen and oxygen atoms in total. The maximum atomic E-state index is 12.1. The van der Waals surface area contributed by atoms with E-state index < -0.39 is 5.60 Å². The molecule has 0 aliphatic carbocycles. The van der Waals surface area contributed by atoms with E-state index in [1.54, 1.807) is 16.2 Å². The molecule has 1 aliphatic rings. The highest BCUT2D eigenvalue weighted by molar-refractivity contribution is 7.09. The molecule has 0 unspecified atom stereocenters.